The summed E-state index contributed by atoms with van der Waals surface area (Å²) in [7, 11) is 0. The Bertz CT molecular complexity index is 761. The third-order valence-corrected chi connectivity index (χ3v) is 4.66. The number of rotatable bonds is 8. The number of nitro groups is 1. The Balaban J connectivity index is 1.83. The average molecular weight is 405 g/mol. The predicted molar refractivity (Wildman–Crippen MR) is 106 cm³/mol. The van der Waals surface area contributed by atoms with E-state index in [0.29, 0.717) is 39.3 Å². The average Bonchev–Trinajstić information content (AvgIpc) is 2.72. The largest absolute Gasteiger partial charge is 0.355 e. The molecule has 1 saturated heterocycles. The van der Waals surface area contributed by atoms with Crippen LogP contribution in [0.25, 0.3) is 0 Å². The van der Waals surface area contributed by atoms with Crippen LogP contribution in [-0.2, 0) is 9.59 Å². The number of nitrogens with one attached hydrogen (secondary N) is 2. The molecule has 1 aliphatic rings. The molecular formula is C19H27N5O5. The lowest BCUT2D eigenvalue weighted by molar-refractivity contribution is -0.384. The zero-order valence-corrected chi connectivity index (χ0v) is 16.7. The van der Waals surface area contributed by atoms with Gasteiger partial charge in [0.1, 0.15) is 6.04 Å². The number of nitro benzene ring substituents is 1. The molecule has 1 atom stereocenters. The lowest BCUT2D eigenvalue weighted by Crippen LogP contribution is -2.55. The van der Waals surface area contributed by atoms with Crippen molar-refractivity contribution in [2.75, 3.05) is 39.3 Å². The molecule has 3 amide bonds. The summed E-state index contributed by atoms with van der Waals surface area (Å²) >= 11 is 0. The molecule has 1 heterocycles. The van der Waals surface area contributed by atoms with Crippen molar-refractivity contribution in [1.82, 2.24) is 20.4 Å². The number of non-ortho nitro benzene ring substituents is 1. The number of benzene rings is 1. The highest BCUT2D eigenvalue weighted by Gasteiger charge is 2.27. The van der Waals surface area contributed by atoms with Crippen molar-refractivity contribution < 1.29 is 19.3 Å². The highest BCUT2D eigenvalue weighted by molar-refractivity contribution is 5.97. The fraction of sp³-hybridized carbons (Fsp3) is 0.526. The Morgan fingerprint density at radius 1 is 1.21 bits per heavy atom. The molecule has 158 valence electrons. The van der Waals surface area contributed by atoms with E-state index in [-0.39, 0.29) is 23.1 Å². The first kappa shape index (κ1) is 22.3. The summed E-state index contributed by atoms with van der Waals surface area (Å²) in [6, 6.07) is 4.60. The van der Waals surface area contributed by atoms with Crippen LogP contribution in [0, 0.1) is 10.1 Å². The van der Waals surface area contributed by atoms with Crippen molar-refractivity contribution in [3.63, 3.8) is 0 Å². The molecule has 0 aromatic heterocycles. The molecule has 29 heavy (non-hydrogen) atoms. The maximum absolute atomic E-state index is 12.6. The highest BCUT2D eigenvalue weighted by atomic mass is 16.6. The fourth-order valence-electron chi connectivity index (χ4n) is 3.03. The second kappa shape index (κ2) is 10.5. The Labute approximate surface area is 169 Å². The zero-order valence-electron chi connectivity index (χ0n) is 16.7. The topological polar surface area (TPSA) is 125 Å². The summed E-state index contributed by atoms with van der Waals surface area (Å²) in [5, 5.41) is 16.3. The molecule has 1 aliphatic heterocycles. The molecule has 10 nitrogen and oxygen atoms in total. The Morgan fingerprint density at radius 2 is 1.90 bits per heavy atom. The van der Waals surface area contributed by atoms with Gasteiger partial charge in [0.25, 0.3) is 11.6 Å². The Kier molecular flexibility index (Phi) is 8.08. The molecule has 0 bridgehead atoms. The van der Waals surface area contributed by atoms with Crippen LogP contribution in [0.4, 0.5) is 5.69 Å². The van der Waals surface area contributed by atoms with Crippen LogP contribution in [0.3, 0.4) is 0 Å². The SMILES string of the molecule is CCCNC(=O)CN1CCN(C(=O)C(C)NC(=O)c2cccc([N+](=O)[O-])c2)CC1. The van der Waals surface area contributed by atoms with Gasteiger partial charge in [0.15, 0.2) is 0 Å². The third kappa shape index (κ3) is 6.53. The molecule has 0 spiro atoms. The van der Waals surface area contributed by atoms with Crippen LogP contribution in [0.5, 0.6) is 0 Å². The standard InChI is InChI=1S/C19H27N5O5/c1-3-7-20-17(25)13-22-8-10-23(11-9-22)19(27)14(2)21-18(26)15-5-4-6-16(12-15)24(28)29/h4-6,12,14H,3,7-11,13H2,1-2H3,(H,20,25)(H,21,26). The number of hydrogen-bond acceptors (Lipinski definition) is 6. The summed E-state index contributed by atoms with van der Waals surface area (Å²) in [5.74, 6) is -0.788. The number of nitrogens with zero attached hydrogens (tertiary/aromatic N) is 3. The van der Waals surface area contributed by atoms with Gasteiger partial charge >= 0.3 is 0 Å². The summed E-state index contributed by atoms with van der Waals surface area (Å²) in [6.45, 7) is 6.63. The number of piperazine rings is 1. The first-order valence-corrected chi connectivity index (χ1v) is 9.65. The summed E-state index contributed by atoms with van der Waals surface area (Å²) < 4.78 is 0. The van der Waals surface area contributed by atoms with Gasteiger partial charge in [-0.2, -0.15) is 0 Å². The van der Waals surface area contributed by atoms with Crippen LogP contribution in [0.15, 0.2) is 24.3 Å². The maximum Gasteiger partial charge on any atom is 0.270 e. The quantitative estimate of drug-likeness (QED) is 0.476. The van der Waals surface area contributed by atoms with Crippen molar-refractivity contribution in [2.24, 2.45) is 0 Å². The second-order valence-electron chi connectivity index (χ2n) is 6.95. The van der Waals surface area contributed by atoms with E-state index in [2.05, 4.69) is 10.6 Å². The summed E-state index contributed by atoms with van der Waals surface area (Å²) in [6.07, 6.45) is 0.883. The van der Waals surface area contributed by atoms with Crippen molar-refractivity contribution in [3.8, 4) is 0 Å². The molecule has 0 saturated carbocycles. The molecule has 2 rings (SSSR count). The third-order valence-electron chi connectivity index (χ3n) is 4.66. The Hall–Kier alpha value is -3.01. The zero-order chi connectivity index (χ0) is 21.4. The van der Waals surface area contributed by atoms with Gasteiger partial charge in [-0.05, 0) is 19.4 Å². The predicted octanol–water partition coefficient (Wildman–Crippen LogP) is 0.384. The van der Waals surface area contributed by atoms with Gasteiger partial charge in [0.05, 0.1) is 11.5 Å². The van der Waals surface area contributed by atoms with Crippen molar-refractivity contribution >= 4 is 23.4 Å². The Morgan fingerprint density at radius 3 is 2.52 bits per heavy atom. The molecule has 10 heteroatoms. The van der Waals surface area contributed by atoms with Crippen LogP contribution in [-0.4, -0.2) is 77.8 Å². The number of carbonyl (C=O) groups excluding carboxylic acids is 3. The van der Waals surface area contributed by atoms with Gasteiger partial charge < -0.3 is 15.5 Å². The van der Waals surface area contributed by atoms with E-state index in [1.165, 1.54) is 24.3 Å². The molecule has 1 aromatic rings. The molecule has 1 fully saturated rings. The highest BCUT2D eigenvalue weighted by Crippen LogP contribution is 2.13. The molecule has 1 aromatic carbocycles. The van der Waals surface area contributed by atoms with Crippen LogP contribution in [0.1, 0.15) is 30.6 Å². The fourth-order valence-corrected chi connectivity index (χ4v) is 3.03. The lowest BCUT2D eigenvalue weighted by Gasteiger charge is -2.35. The number of amides is 3. The van der Waals surface area contributed by atoms with Crippen molar-refractivity contribution in [3.05, 3.63) is 39.9 Å². The minimum absolute atomic E-state index is 0.0239. The van der Waals surface area contributed by atoms with Crippen molar-refractivity contribution in [2.45, 2.75) is 26.3 Å². The first-order valence-electron chi connectivity index (χ1n) is 9.65. The number of carbonyl (C=O) groups is 3. The second-order valence-corrected chi connectivity index (χ2v) is 6.95. The van der Waals surface area contributed by atoms with Gasteiger partial charge in [-0.25, -0.2) is 0 Å². The van der Waals surface area contributed by atoms with Gasteiger partial charge in [-0.1, -0.05) is 13.0 Å². The lowest BCUT2D eigenvalue weighted by atomic mass is 10.1. The maximum atomic E-state index is 12.6. The monoisotopic (exact) mass is 405 g/mol. The smallest absolute Gasteiger partial charge is 0.270 e. The van der Waals surface area contributed by atoms with Gasteiger partial charge in [0.2, 0.25) is 11.8 Å². The van der Waals surface area contributed by atoms with E-state index in [0.717, 1.165) is 6.42 Å². The van der Waals surface area contributed by atoms with Gasteiger partial charge in [-0.3, -0.25) is 29.4 Å². The molecule has 1 unspecified atom stereocenters. The van der Waals surface area contributed by atoms with E-state index in [4.69, 9.17) is 0 Å². The van der Waals surface area contributed by atoms with E-state index < -0.39 is 16.9 Å². The molecule has 0 aliphatic carbocycles. The summed E-state index contributed by atoms with van der Waals surface area (Å²) in [4.78, 5) is 50.6. The van der Waals surface area contributed by atoms with Crippen molar-refractivity contribution in [1.29, 1.82) is 0 Å². The van der Waals surface area contributed by atoms with Gasteiger partial charge in [-0.15, -0.1) is 0 Å². The molecular weight excluding hydrogens is 378 g/mol. The van der Waals surface area contributed by atoms with E-state index >= 15 is 0 Å². The minimum Gasteiger partial charge on any atom is -0.355 e. The van der Waals surface area contributed by atoms with Crippen LogP contribution >= 0.6 is 0 Å². The minimum atomic E-state index is -0.763. The van der Waals surface area contributed by atoms with E-state index in [9.17, 15) is 24.5 Å². The molecule has 0 radical (unpaired) electrons. The van der Waals surface area contributed by atoms with E-state index in [1.54, 1.807) is 11.8 Å². The number of hydrogen-bond donors (Lipinski definition) is 2. The molecule has 2 N–H and O–H groups in total. The normalized spacial score (nSPS) is 15.4. The van der Waals surface area contributed by atoms with Gasteiger partial charge in [0, 0.05) is 50.4 Å². The van der Waals surface area contributed by atoms with E-state index in [1.807, 2.05) is 11.8 Å². The van der Waals surface area contributed by atoms with Crippen LogP contribution in [0.2, 0.25) is 0 Å². The summed E-state index contributed by atoms with van der Waals surface area (Å²) in [5.41, 5.74) is -0.0579. The first-order chi connectivity index (χ1) is 13.8. The van der Waals surface area contributed by atoms with Crippen LogP contribution < -0.4 is 10.6 Å².